The van der Waals surface area contributed by atoms with Gasteiger partial charge in [-0.15, -0.1) is 0 Å². The molecule has 3 aromatic carbocycles. The van der Waals surface area contributed by atoms with E-state index in [4.69, 9.17) is 14.2 Å². The van der Waals surface area contributed by atoms with E-state index in [9.17, 15) is 35.4 Å². The number of aliphatic hydroxyl groups excluding tert-OH is 5. The van der Waals surface area contributed by atoms with Gasteiger partial charge in [-0.25, -0.2) is 0 Å². The number of carbonyl (C=O) groups excluding carboxylic acids is 1. The maximum Gasteiger partial charge on any atom is 0.229 e. The summed E-state index contributed by atoms with van der Waals surface area (Å²) in [5.41, 5.74) is 1.82. The normalized spacial score (nSPS) is 23.9. The average molecular weight is 543 g/mol. The minimum atomic E-state index is -1.73. The Kier molecular flexibility index (Phi) is 8.75. The Balaban J connectivity index is 1.71. The van der Waals surface area contributed by atoms with E-state index in [0.717, 1.165) is 5.56 Å². The van der Waals surface area contributed by atoms with Gasteiger partial charge in [-0.05, 0) is 49.3 Å². The zero-order valence-corrected chi connectivity index (χ0v) is 21.9. The molecule has 10 heteroatoms. The molecule has 1 fully saturated rings. The molecule has 1 aliphatic heterocycles. The summed E-state index contributed by atoms with van der Waals surface area (Å²) in [5, 5.41) is 64.2. The van der Waals surface area contributed by atoms with Crippen LogP contribution in [0.4, 0.5) is 0 Å². The molecule has 0 saturated carbocycles. The van der Waals surface area contributed by atoms with Crippen LogP contribution in [-0.4, -0.2) is 80.3 Å². The van der Waals surface area contributed by atoms with Gasteiger partial charge in [0.25, 0.3) is 0 Å². The summed E-state index contributed by atoms with van der Waals surface area (Å²) in [6.07, 6.45) is -8.45. The third-order valence-corrected chi connectivity index (χ3v) is 7.16. The largest absolute Gasteiger partial charge is 0.506 e. The lowest BCUT2D eigenvalue weighted by Crippen LogP contribution is -2.62. The number of benzene rings is 3. The van der Waals surface area contributed by atoms with Crippen molar-refractivity contribution in [2.75, 3.05) is 7.11 Å². The Morgan fingerprint density at radius 2 is 1.74 bits per heavy atom. The maximum absolute atomic E-state index is 12.3. The van der Waals surface area contributed by atoms with Crippen molar-refractivity contribution in [3.8, 4) is 17.2 Å². The van der Waals surface area contributed by atoms with Crippen molar-refractivity contribution in [2.45, 2.75) is 70.1 Å². The van der Waals surface area contributed by atoms with E-state index >= 15 is 0 Å². The quantitative estimate of drug-likeness (QED) is 0.219. The number of ether oxygens (including phenoxy) is 3. The molecule has 0 aliphatic carbocycles. The second kappa shape index (κ2) is 11.9. The Bertz CT molecular complexity index is 1330. The molecule has 10 nitrogen and oxygen atoms in total. The molecule has 6 N–H and O–H groups in total. The van der Waals surface area contributed by atoms with Crippen molar-refractivity contribution in [1.82, 2.24) is 0 Å². The number of aromatic hydroxyl groups is 1. The number of fused-ring (bicyclic) bond motifs is 1. The van der Waals surface area contributed by atoms with Crippen LogP contribution in [0.1, 0.15) is 40.4 Å². The Morgan fingerprint density at radius 3 is 2.36 bits per heavy atom. The van der Waals surface area contributed by atoms with Crippen molar-refractivity contribution in [2.24, 2.45) is 0 Å². The fourth-order valence-corrected chi connectivity index (χ4v) is 5.12. The molecule has 0 amide bonds. The average Bonchev–Trinajstić information content (AvgIpc) is 2.91. The lowest BCUT2D eigenvalue weighted by molar-refractivity contribution is -0.288. The fourth-order valence-electron chi connectivity index (χ4n) is 5.12. The van der Waals surface area contributed by atoms with Crippen LogP contribution >= 0.6 is 0 Å². The number of phenolic OH excluding ortho intramolecular Hbond substituents is 1. The van der Waals surface area contributed by atoms with E-state index in [0.29, 0.717) is 22.9 Å². The monoisotopic (exact) mass is 542 g/mol. The summed E-state index contributed by atoms with van der Waals surface area (Å²) < 4.78 is 17.1. The molecule has 1 heterocycles. The number of Topliss-reactive ketones (excluding diaryl/α,β-unsaturated/α-hetero) is 1. The predicted molar refractivity (Wildman–Crippen MR) is 141 cm³/mol. The Hall–Kier alpha value is -3.25. The summed E-state index contributed by atoms with van der Waals surface area (Å²) in [6.45, 7) is 2.50. The number of hydrogen-bond acceptors (Lipinski definition) is 10. The highest BCUT2D eigenvalue weighted by molar-refractivity contribution is 6.08. The van der Waals surface area contributed by atoms with Crippen LogP contribution in [0.2, 0.25) is 0 Å². The van der Waals surface area contributed by atoms with Gasteiger partial charge in [0.15, 0.2) is 5.78 Å². The van der Waals surface area contributed by atoms with Gasteiger partial charge in [0.05, 0.1) is 30.8 Å². The molecule has 1 saturated heterocycles. The van der Waals surface area contributed by atoms with Crippen molar-refractivity contribution in [3.63, 3.8) is 0 Å². The minimum Gasteiger partial charge on any atom is -0.506 e. The van der Waals surface area contributed by atoms with Crippen molar-refractivity contribution in [1.29, 1.82) is 0 Å². The highest BCUT2D eigenvalue weighted by atomic mass is 16.7. The summed E-state index contributed by atoms with van der Waals surface area (Å²) in [7, 11) is 1.38. The standard InChI is InChI=1S/C29H34O10/c1-14-11-17-18(13-30)20(37-3)12-21(23(17)24(33)22(14)15(2)31)38-29-27(36)25(34)26(35)28(39-29)19(32)10-9-16-7-5-4-6-8-16/h4-8,11-12,19,25-30,32-36H,9-10,13H2,1-3H3/t19-,25+,26+,27-,28-,29+/m1/s1. The van der Waals surface area contributed by atoms with Gasteiger partial charge < -0.3 is 44.8 Å². The third kappa shape index (κ3) is 5.58. The lowest BCUT2D eigenvalue weighted by Gasteiger charge is -2.42. The number of phenols is 1. The van der Waals surface area contributed by atoms with Gasteiger partial charge in [0.2, 0.25) is 6.29 Å². The van der Waals surface area contributed by atoms with Crippen molar-refractivity contribution in [3.05, 3.63) is 64.7 Å². The number of rotatable bonds is 9. The molecule has 1 aliphatic rings. The number of aryl methyl sites for hydroxylation is 2. The van der Waals surface area contributed by atoms with E-state index in [1.807, 2.05) is 30.3 Å². The van der Waals surface area contributed by atoms with Crippen molar-refractivity contribution >= 4 is 16.6 Å². The highest BCUT2D eigenvalue weighted by Crippen LogP contribution is 2.44. The van der Waals surface area contributed by atoms with E-state index in [1.54, 1.807) is 13.0 Å². The van der Waals surface area contributed by atoms with Crippen LogP contribution in [0.25, 0.3) is 10.8 Å². The molecule has 0 unspecified atom stereocenters. The topological polar surface area (TPSA) is 166 Å². The second-order valence-corrected chi connectivity index (χ2v) is 9.76. The third-order valence-electron chi connectivity index (χ3n) is 7.16. The number of ketones is 1. The van der Waals surface area contributed by atoms with E-state index in [2.05, 4.69) is 0 Å². The maximum atomic E-state index is 12.3. The molecule has 6 atom stereocenters. The van der Waals surface area contributed by atoms with Gasteiger partial charge in [-0.3, -0.25) is 4.79 Å². The molecule has 0 aromatic heterocycles. The van der Waals surface area contributed by atoms with Gasteiger partial charge in [0.1, 0.15) is 41.7 Å². The first-order valence-corrected chi connectivity index (χ1v) is 12.6. The summed E-state index contributed by atoms with van der Waals surface area (Å²) in [6, 6.07) is 12.4. The van der Waals surface area contributed by atoms with Gasteiger partial charge in [-0.1, -0.05) is 30.3 Å². The zero-order valence-electron chi connectivity index (χ0n) is 21.9. The molecular weight excluding hydrogens is 508 g/mol. The van der Waals surface area contributed by atoms with E-state index < -0.39 is 54.9 Å². The van der Waals surface area contributed by atoms with Crippen LogP contribution in [0.5, 0.6) is 17.2 Å². The lowest BCUT2D eigenvalue weighted by atomic mass is 9.92. The zero-order chi connectivity index (χ0) is 28.4. The van der Waals surface area contributed by atoms with Crippen LogP contribution in [0, 0.1) is 6.92 Å². The first-order chi connectivity index (χ1) is 18.6. The Labute approximate surface area is 225 Å². The molecule has 39 heavy (non-hydrogen) atoms. The van der Waals surface area contributed by atoms with Crippen LogP contribution in [-0.2, 0) is 17.8 Å². The fraction of sp³-hybridized carbons (Fsp3) is 0.414. The van der Waals surface area contributed by atoms with Crippen LogP contribution < -0.4 is 9.47 Å². The van der Waals surface area contributed by atoms with Gasteiger partial charge >= 0.3 is 0 Å². The van der Waals surface area contributed by atoms with Crippen molar-refractivity contribution < 1.29 is 49.6 Å². The number of aliphatic hydroxyl groups is 5. The molecular formula is C29H34O10. The van der Waals surface area contributed by atoms with Crippen LogP contribution in [0.3, 0.4) is 0 Å². The van der Waals surface area contributed by atoms with Crippen LogP contribution in [0.15, 0.2) is 42.5 Å². The first kappa shape index (κ1) is 28.8. The molecule has 4 rings (SSSR count). The summed E-state index contributed by atoms with van der Waals surface area (Å²) in [4.78, 5) is 12.3. The second-order valence-electron chi connectivity index (χ2n) is 9.76. The summed E-state index contributed by atoms with van der Waals surface area (Å²) in [5.74, 6) is -0.646. The first-order valence-electron chi connectivity index (χ1n) is 12.6. The molecule has 0 spiro atoms. The summed E-state index contributed by atoms with van der Waals surface area (Å²) >= 11 is 0. The minimum absolute atomic E-state index is 0.0520. The molecule has 3 aromatic rings. The Morgan fingerprint density at radius 1 is 1.05 bits per heavy atom. The van der Waals surface area contributed by atoms with Gasteiger partial charge in [-0.2, -0.15) is 0 Å². The number of methoxy groups -OCH3 is 1. The van der Waals surface area contributed by atoms with Gasteiger partial charge in [0, 0.05) is 11.6 Å². The number of carbonyl (C=O) groups is 1. The molecule has 0 radical (unpaired) electrons. The highest BCUT2D eigenvalue weighted by Gasteiger charge is 2.47. The molecule has 210 valence electrons. The van der Waals surface area contributed by atoms with E-state index in [-0.39, 0.29) is 28.9 Å². The molecule has 0 bridgehead atoms. The smallest absolute Gasteiger partial charge is 0.229 e. The SMILES string of the molecule is COc1cc(O[C@H]2O[C@H]([C@H](O)CCc3ccccc3)[C@@H](O)[C@H](O)[C@H]2O)c2c(O)c(C(C)=O)c(C)cc2c1CO. The number of hydrogen-bond donors (Lipinski definition) is 6. The van der Waals surface area contributed by atoms with E-state index in [1.165, 1.54) is 20.1 Å². The predicted octanol–water partition coefficient (Wildman–Crippen LogP) is 1.74.